The highest BCUT2D eigenvalue weighted by Crippen LogP contribution is 2.34. The summed E-state index contributed by atoms with van der Waals surface area (Å²) in [4.78, 5) is 4.13. The fraction of sp³-hybridized carbons (Fsp3) is 0.158. The van der Waals surface area contributed by atoms with E-state index in [0.29, 0.717) is 23.2 Å². The summed E-state index contributed by atoms with van der Waals surface area (Å²) in [7, 11) is -3.57. The third kappa shape index (κ3) is 4.28. The molecule has 0 saturated carbocycles. The second kappa shape index (κ2) is 7.87. The van der Waals surface area contributed by atoms with E-state index in [1.807, 2.05) is 0 Å². The molecule has 4 aromatic rings. The number of ether oxygens (including phenoxy) is 1. The summed E-state index contributed by atoms with van der Waals surface area (Å²) in [6, 6.07) is 7.60. The molecule has 0 aliphatic rings. The van der Waals surface area contributed by atoms with Gasteiger partial charge in [0.2, 0.25) is 15.9 Å². The van der Waals surface area contributed by atoms with Gasteiger partial charge in [0.05, 0.1) is 28.9 Å². The molecule has 1 N–H and O–H groups in total. The van der Waals surface area contributed by atoms with Gasteiger partial charge >= 0.3 is 0 Å². The van der Waals surface area contributed by atoms with E-state index >= 15 is 0 Å². The van der Waals surface area contributed by atoms with Crippen LogP contribution in [-0.4, -0.2) is 39.0 Å². The molecule has 0 aliphatic heterocycles. The lowest BCUT2D eigenvalue weighted by Crippen LogP contribution is -2.15. The third-order valence-electron chi connectivity index (χ3n) is 4.30. The molecule has 0 aliphatic carbocycles. The average Bonchev–Trinajstić information content (AvgIpc) is 3.11. The van der Waals surface area contributed by atoms with Crippen LogP contribution >= 0.6 is 0 Å². The van der Waals surface area contributed by atoms with Gasteiger partial charge in [-0.3, -0.25) is 4.72 Å². The van der Waals surface area contributed by atoms with Crippen LogP contribution in [0, 0.1) is 18.6 Å². The Hall–Kier alpha value is -3.67. The van der Waals surface area contributed by atoms with E-state index in [-0.39, 0.29) is 28.6 Å². The molecule has 31 heavy (non-hydrogen) atoms. The maximum Gasteiger partial charge on any atom is 0.232 e. The molecule has 0 radical (unpaired) electrons. The minimum atomic E-state index is -3.57. The summed E-state index contributed by atoms with van der Waals surface area (Å²) in [5.74, 6) is -1.58. The number of fused-ring (bicyclic) bond motifs is 1. The van der Waals surface area contributed by atoms with Crippen LogP contribution in [0.5, 0.6) is 11.6 Å². The number of pyridine rings is 1. The van der Waals surface area contributed by atoms with Crippen LogP contribution in [-0.2, 0) is 10.0 Å². The molecule has 0 amide bonds. The zero-order chi connectivity index (χ0) is 22.2. The molecule has 0 saturated heterocycles. The Morgan fingerprint density at radius 1 is 1.13 bits per heavy atom. The lowest BCUT2D eigenvalue weighted by molar-refractivity contribution is 0.425. The van der Waals surface area contributed by atoms with Gasteiger partial charge in [-0.15, -0.1) is 10.2 Å². The standard InChI is InChI=1S/C19H16F2N6O3S/c1-3-31(28,29)26-13-9-14(16-5-7-18-24-23-11(2)27(18)25-16)19(22-10-13)30-17-6-4-12(20)8-15(17)21/h4-10,26H,3H2,1-2H3. The number of nitrogens with zero attached hydrogens (tertiary/aromatic N) is 5. The van der Waals surface area contributed by atoms with Crippen molar-refractivity contribution in [3.8, 4) is 22.9 Å². The van der Waals surface area contributed by atoms with Gasteiger partial charge < -0.3 is 4.74 Å². The number of nitrogens with one attached hydrogen (secondary N) is 1. The van der Waals surface area contributed by atoms with Crippen molar-refractivity contribution in [1.82, 2.24) is 24.8 Å². The Labute approximate surface area is 175 Å². The first-order valence-corrected chi connectivity index (χ1v) is 10.7. The molecule has 0 spiro atoms. The second-order valence-electron chi connectivity index (χ2n) is 6.49. The van der Waals surface area contributed by atoms with Crippen molar-refractivity contribution in [2.24, 2.45) is 0 Å². The first-order chi connectivity index (χ1) is 14.8. The minimum absolute atomic E-state index is 0.0532. The number of halogens is 2. The molecular formula is C19H16F2N6O3S. The quantitative estimate of drug-likeness (QED) is 0.484. The fourth-order valence-electron chi connectivity index (χ4n) is 2.73. The van der Waals surface area contributed by atoms with Crippen molar-refractivity contribution >= 4 is 21.4 Å². The van der Waals surface area contributed by atoms with Crippen molar-refractivity contribution in [3.05, 3.63) is 60.1 Å². The first-order valence-electron chi connectivity index (χ1n) is 9.08. The molecule has 12 heteroatoms. The molecule has 0 unspecified atom stereocenters. The van der Waals surface area contributed by atoms with E-state index in [9.17, 15) is 17.2 Å². The maximum absolute atomic E-state index is 14.1. The van der Waals surface area contributed by atoms with E-state index in [4.69, 9.17) is 4.74 Å². The Morgan fingerprint density at radius 2 is 1.94 bits per heavy atom. The fourth-order valence-corrected chi connectivity index (χ4v) is 3.34. The topological polar surface area (TPSA) is 111 Å². The van der Waals surface area contributed by atoms with Gasteiger partial charge in [-0.1, -0.05) is 0 Å². The highest BCUT2D eigenvalue weighted by Gasteiger charge is 2.17. The molecule has 3 heterocycles. The largest absolute Gasteiger partial charge is 0.435 e. The summed E-state index contributed by atoms with van der Waals surface area (Å²) in [5.41, 5.74) is 1.29. The number of rotatable bonds is 6. The lowest BCUT2D eigenvalue weighted by Gasteiger charge is -2.13. The summed E-state index contributed by atoms with van der Waals surface area (Å²) >= 11 is 0. The van der Waals surface area contributed by atoms with Gasteiger partial charge in [0.25, 0.3) is 0 Å². The molecule has 9 nitrogen and oxygen atoms in total. The number of hydrogen-bond acceptors (Lipinski definition) is 7. The molecule has 1 aromatic carbocycles. The third-order valence-corrected chi connectivity index (χ3v) is 5.61. The van der Waals surface area contributed by atoms with Crippen LogP contribution in [0.1, 0.15) is 12.7 Å². The van der Waals surface area contributed by atoms with Crippen LogP contribution in [0.25, 0.3) is 16.9 Å². The van der Waals surface area contributed by atoms with Gasteiger partial charge in [0, 0.05) is 6.07 Å². The Balaban J connectivity index is 1.84. The maximum atomic E-state index is 14.1. The number of aromatic nitrogens is 5. The van der Waals surface area contributed by atoms with E-state index in [1.165, 1.54) is 23.7 Å². The smallest absolute Gasteiger partial charge is 0.232 e. The highest BCUT2D eigenvalue weighted by molar-refractivity contribution is 7.92. The number of hydrogen-bond donors (Lipinski definition) is 1. The summed E-state index contributed by atoms with van der Waals surface area (Å²) < 4.78 is 60.7. The van der Waals surface area contributed by atoms with Crippen LogP contribution in [0.3, 0.4) is 0 Å². The van der Waals surface area contributed by atoms with Crippen molar-refractivity contribution in [3.63, 3.8) is 0 Å². The van der Waals surface area contributed by atoms with Crippen LogP contribution in [0.4, 0.5) is 14.5 Å². The van der Waals surface area contributed by atoms with Crippen LogP contribution in [0.2, 0.25) is 0 Å². The van der Waals surface area contributed by atoms with E-state index in [1.54, 1.807) is 19.1 Å². The van der Waals surface area contributed by atoms with Gasteiger partial charge in [-0.2, -0.15) is 9.61 Å². The van der Waals surface area contributed by atoms with Crippen molar-refractivity contribution < 1.29 is 21.9 Å². The molecule has 160 valence electrons. The van der Waals surface area contributed by atoms with Gasteiger partial charge in [-0.25, -0.2) is 22.2 Å². The van der Waals surface area contributed by atoms with E-state index in [2.05, 4.69) is 25.0 Å². The first kappa shape index (κ1) is 20.6. The second-order valence-corrected chi connectivity index (χ2v) is 8.51. The lowest BCUT2D eigenvalue weighted by atomic mass is 10.2. The monoisotopic (exact) mass is 446 g/mol. The molecular weight excluding hydrogens is 430 g/mol. The minimum Gasteiger partial charge on any atom is -0.435 e. The molecule has 4 rings (SSSR count). The number of sulfonamides is 1. The van der Waals surface area contributed by atoms with E-state index in [0.717, 1.165) is 12.1 Å². The molecule has 3 aromatic heterocycles. The Kier molecular flexibility index (Phi) is 5.23. The van der Waals surface area contributed by atoms with Crippen LogP contribution in [0.15, 0.2) is 42.6 Å². The zero-order valence-electron chi connectivity index (χ0n) is 16.4. The SMILES string of the molecule is CCS(=O)(=O)Nc1cnc(Oc2ccc(F)cc2F)c(-c2ccc3nnc(C)n3n2)c1. The number of aryl methyl sites for hydroxylation is 1. The van der Waals surface area contributed by atoms with Crippen molar-refractivity contribution in [2.45, 2.75) is 13.8 Å². The van der Waals surface area contributed by atoms with E-state index < -0.39 is 21.7 Å². The summed E-state index contributed by atoms with van der Waals surface area (Å²) in [6.07, 6.45) is 1.23. The molecule has 0 atom stereocenters. The normalized spacial score (nSPS) is 11.6. The average molecular weight is 446 g/mol. The Bertz CT molecular complexity index is 1390. The van der Waals surface area contributed by atoms with Gasteiger partial charge in [0.15, 0.2) is 23.0 Å². The number of anilines is 1. The molecule has 0 fully saturated rings. The van der Waals surface area contributed by atoms with Gasteiger partial charge in [0.1, 0.15) is 5.82 Å². The van der Waals surface area contributed by atoms with Crippen molar-refractivity contribution in [1.29, 1.82) is 0 Å². The van der Waals surface area contributed by atoms with Gasteiger partial charge in [-0.05, 0) is 44.2 Å². The summed E-state index contributed by atoms with van der Waals surface area (Å²) in [5, 5.41) is 12.4. The predicted molar refractivity (Wildman–Crippen MR) is 108 cm³/mol. The van der Waals surface area contributed by atoms with Crippen LogP contribution < -0.4 is 9.46 Å². The summed E-state index contributed by atoms with van der Waals surface area (Å²) in [6.45, 7) is 3.21. The van der Waals surface area contributed by atoms with Crippen molar-refractivity contribution in [2.75, 3.05) is 10.5 Å². The predicted octanol–water partition coefficient (Wildman–Crippen LogP) is 3.33. The highest BCUT2D eigenvalue weighted by atomic mass is 32.2. The molecule has 0 bridgehead atoms. The number of benzene rings is 1. The zero-order valence-corrected chi connectivity index (χ0v) is 17.2. The Morgan fingerprint density at radius 3 is 2.68 bits per heavy atom.